The van der Waals surface area contributed by atoms with E-state index in [9.17, 15) is 5.11 Å². The molecule has 1 aromatic carbocycles. The zero-order valence-electron chi connectivity index (χ0n) is 11.9. The third-order valence-electron chi connectivity index (χ3n) is 3.37. The van der Waals surface area contributed by atoms with Crippen molar-refractivity contribution in [1.29, 1.82) is 0 Å². The predicted octanol–water partition coefficient (Wildman–Crippen LogP) is 2.38. The van der Waals surface area contributed by atoms with Gasteiger partial charge in [0.15, 0.2) is 0 Å². The van der Waals surface area contributed by atoms with Crippen molar-refractivity contribution < 1.29 is 9.84 Å². The molecular formula is C15H25NO2. The van der Waals surface area contributed by atoms with Crippen LogP contribution in [0.15, 0.2) is 24.3 Å². The molecule has 0 aliphatic rings. The maximum Gasteiger partial charge on any atom is 0.122 e. The second kappa shape index (κ2) is 6.76. The maximum absolute atomic E-state index is 9.38. The van der Waals surface area contributed by atoms with Gasteiger partial charge in [-0.1, -0.05) is 25.1 Å². The number of benzene rings is 1. The van der Waals surface area contributed by atoms with E-state index in [1.165, 1.54) is 5.56 Å². The Bertz CT molecular complexity index is 361. The molecule has 102 valence electrons. The molecule has 0 spiro atoms. The van der Waals surface area contributed by atoms with Gasteiger partial charge in [-0.3, -0.25) is 0 Å². The van der Waals surface area contributed by atoms with Crippen LogP contribution in [0.3, 0.4) is 0 Å². The Morgan fingerprint density at radius 2 is 2.06 bits per heavy atom. The molecule has 1 aromatic rings. The number of nitrogens with one attached hydrogen (secondary N) is 1. The lowest BCUT2D eigenvalue weighted by molar-refractivity contribution is 0.114. The van der Waals surface area contributed by atoms with Gasteiger partial charge in [0.05, 0.1) is 12.7 Å². The molecule has 0 aliphatic carbocycles. The molecule has 0 bridgehead atoms. The Balaban J connectivity index is 2.67. The van der Waals surface area contributed by atoms with Crippen molar-refractivity contribution in [2.75, 3.05) is 13.7 Å². The summed E-state index contributed by atoms with van der Waals surface area (Å²) in [6.07, 6.45) is 1.78. The van der Waals surface area contributed by atoms with Crippen LogP contribution in [0.25, 0.3) is 0 Å². The van der Waals surface area contributed by atoms with Gasteiger partial charge in [0.25, 0.3) is 0 Å². The van der Waals surface area contributed by atoms with Gasteiger partial charge >= 0.3 is 0 Å². The van der Waals surface area contributed by atoms with Crippen molar-refractivity contribution in [3.8, 4) is 5.75 Å². The average molecular weight is 251 g/mol. The number of ether oxygens (including phenoxy) is 1. The summed E-state index contributed by atoms with van der Waals surface area (Å²) < 4.78 is 5.98. The molecular weight excluding hydrogens is 226 g/mol. The van der Waals surface area contributed by atoms with Crippen LogP contribution >= 0.6 is 0 Å². The van der Waals surface area contributed by atoms with Gasteiger partial charge in [0, 0.05) is 12.0 Å². The van der Waals surface area contributed by atoms with Crippen molar-refractivity contribution in [3.05, 3.63) is 29.8 Å². The van der Waals surface area contributed by atoms with Gasteiger partial charge in [-0.2, -0.15) is 0 Å². The van der Waals surface area contributed by atoms with Gasteiger partial charge in [-0.05, 0) is 38.9 Å². The molecule has 0 aromatic heterocycles. The summed E-state index contributed by atoms with van der Waals surface area (Å²) in [5.41, 5.74) is 0.931. The van der Waals surface area contributed by atoms with E-state index in [1.807, 2.05) is 39.1 Å². The summed E-state index contributed by atoms with van der Waals surface area (Å²) in [6.45, 7) is 6.27. The molecule has 0 amide bonds. The van der Waals surface area contributed by atoms with E-state index in [0.717, 1.165) is 18.6 Å². The predicted molar refractivity (Wildman–Crippen MR) is 75.1 cm³/mol. The highest BCUT2D eigenvalue weighted by Gasteiger charge is 2.24. The highest BCUT2D eigenvalue weighted by Crippen LogP contribution is 2.22. The van der Waals surface area contributed by atoms with Crippen LogP contribution in [-0.2, 0) is 6.42 Å². The molecule has 3 heteroatoms. The smallest absolute Gasteiger partial charge is 0.122 e. The van der Waals surface area contributed by atoms with Crippen molar-refractivity contribution >= 4 is 0 Å². The quantitative estimate of drug-likeness (QED) is 0.782. The molecule has 1 rings (SSSR count). The van der Waals surface area contributed by atoms with Crippen LogP contribution < -0.4 is 10.1 Å². The SMILES string of the molecule is CCc1ccccc1OC(C)CC(C)(CO)NC. The van der Waals surface area contributed by atoms with Gasteiger partial charge in [0.1, 0.15) is 5.75 Å². The van der Waals surface area contributed by atoms with E-state index in [2.05, 4.69) is 18.3 Å². The summed E-state index contributed by atoms with van der Waals surface area (Å²) in [6, 6.07) is 8.11. The van der Waals surface area contributed by atoms with Crippen LogP contribution in [-0.4, -0.2) is 30.4 Å². The monoisotopic (exact) mass is 251 g/mol. The molecule has 0 fully saturated rings. The molecule has 3 nitrogen and oxygen atoms in total. The highest BCUT2D eigenvalue weighted by atomic mass is 16.5. The minimum absolute atomic E-state index is 0.0577. The van der Waals surface area contributed by atoms with Gasteiger partial charge < -0.3 is 15.2 Å². The molecule has 0 saturated carbocycles. The minimum atomic E-state index is -0.291. The Morgan fingerprint density at radius 3 is 2.61 bits per heavy atom. The van der Waals surface area contributed by atoms with E-state index in [1.54, 1.807) is 0 Å². The van der Waals surface area contributed by atoms with E-state index in [4.69, 9.17) is 4.74 Å². The standard InChI is InChI=1S/C15H25NO2/c1-5-13-8-6-7-9-14(13)18-12(2)10-15(3,11-17)16-4/h6-9,12,16-17H,5,10-11H2,1-4H3. The summed E-state index contributed by atoms with van der Waals surface area (Å²) >= 11 is 0. The molecule has 2 N–H and O–H groups in total. The highest BCUT2D eigenvalue weighted by molar-refractivity contribution is 5.33. The average Bonchev–Trinajstić information content (AvgIpc) is 2.39. The second-order valence-corrected chi connectivity index (χ2v) is 5.06. The van der Waals surface area contributed by atoms with Gasteiger partial charge in [0.2, 0.25) is 0 Å². The molecule has 2 unspecified atom stereocenters. The first kappa shape index (κ1) is 15.0. The molecule has 0 aliphatic heterocycles. The normalized spacial score (nSPS) is 16.1. The van der Waals surface area contributed by atoms with E-state index in [0.29, 0.717) is 0 Å². The van der Waals surface area contributed by atoms with Gasteiger partial charge in [-0.15, -0.1) is 0 Å². The van der Waals surface area contributed by atoms with Crippen LogP contribution in [0, 0.1) is 0 Å². The number of aliphatic hydroxyl groups excluding tert-OH is 1. The lowest BCUT2D eigenvalue weighted by Gasteiger charge is -2.30. The van der Waals surface area contributed by atoms with E-state index >= 15 is 0 Å². The fourth-order valence-electron chi connectivity index (χ4n) is 2.05. The summed E-state index contributed by atoms with van der Waals surface area (Å²) in [5, 5.41) is 12.5. The fourth-order valence-corrected chi connectivity index (χ4v) is 2.05. The third-order valence-corrected chi connectivity index (χ3v) is 3.37. The number of rotatable bonds is 7. The van der Waals surface area contributed by atoms with Crippen LogP contribution in [0.1, 0.15) is 32.8 Å². The first-order valence-electron chi connectivity index (χ1n) is 6.59. The number of aliphatic hydroxyl groups is 1. The summed E-state index contributed by atoms with van der Waals surface area (Å²) in [4.78, 5) is 0. The van der Waals surface area contributed by atoms with Crippen LogP contribution in [0.4, 0.5) is 0 Å². The molecule has 2 atom stereocenters. The van der Waals surface area contributed by atoms with E-state index < -0.39 is 0 Å². The van der Waals surface area contributed by atoms with Crippen molar-refractivity contribution in [2.24, 2.45) is 0 Å². The second-order valence-electron chi connectivity index (χ2n) is 5.06. The Kier molecular flexibility index (Phi) is 5.63. The number of likely N-dealkylation sites (N-methyl/N-ethyl adjacent to an activating group) is 1. The minimum Gasteiger partial charge on any atom is -0.490 e. The lowest BCUT2D eigenvalue weighted by atomic mass is 9.96. The van der Waals surface area contributed by atoms with Crippen molar-refractivity contribution in [1.82, 2.24) is 5.32 Å². The topological polar surface area (TPSA) is 41.5 Å². The third kappa shape index (κ3) is 4.00. The van der Waals surface area contributed by atoms with E-state index in [-0.39, 0.29) is 18.2 Å². The Hall–Kier alpha value is -1.06. The van der Waals surface area contributed by atoms with Gasteiger partial charge in [-0.25, -0.2) is 0 Å². The molecule has 0 heterocycles. The zero-order chi connectivity index (χ0) is 13.6. The summed E-state index contributed by atoms with van der Waals surface area (Å²) in [5.74, 6) is 0.948. The molecule has 18 heavy (non-hydrogen) atoms. The summed E-state index contributed by atoms with van der Waals surface area (Å²) in [7, 11) is 1.86. The zero-order valence-corrected chi connectivity index (χ0v) is 11.9. The van der Waals surface area contributed by atoms with Crippen LogP contribution in [0.5, 0.6) is 5.75 Å². The largest absolute Gasteiger partial charge is 0.490 e. The number of aryl methyl sites for hydroxylation is 1. The van der Waals surface area contributed by atoms with Crippen LogP contribution in [0.2, 0.25) is 0 Å². The van der Waals surface area contributed by atoms with Crippen molar-refractivity contribution in [3.63, 3.8) is 0 Å². The van der Waals surface area contributed by atoms with Crippen molar-refractivity contribution in [2.45, 2.75) is 45.3 Å². The molecule has 0 radical (unpaired) electrons. The maximum atomic E-state index is 9.38. The Labute approximate surface area is 110 Å². The number of para-hydroxylation sites is 1. The number of hydrogen-bond acceptors (Lipinski definition) is 3. The first-order valence-corrected chi connectivity index (χ1v) is 6.59. The Morgan fingerprint density at radius 1 is 1.39 bits per heavy atom. The first-order chi connectivity index (χ1) is 8.54. The lowest BCUT2D eigenvalue weighted by Crippen LogP contribution is -2.46. The fraction of sp³-hybridized carbons (Fsp3) is 0.600. The molecule has 0 saturated heterocycles. The number of hydrogen-bond donors (Lipinski definition) is 2.